The number of hydrogen-bond acceptors (Lipinski definition) is 1. The molecule has 0 saturated heterocycles. The molecule has 1 N–H and O–H groups in total. The molecule has 0 aromatic heterocycles. The van der Waals surface area contributed by atoms with Gasteiger partial charge in [-0.25, -0.2) is 4.39 Å². The van der Waals surface area contributed by atoms with Crippen molar-refractivity contribution in [3.63, 3.8) is 0 Å². The molecule has 16 heavy (non-hydrogen) atoms. The lowest BCUT2D eigenvalue weighted by molar-refractivity contribution is 0.508. The van der Waals surface area contributed by atoms with Gasteiger partial charge in [-0.15, -0.1) is 0 Å². The Morgan fingerprint density at radius 3 is 2.81 bits per heavy atom. The molecule has 0 bridgehead atoms. The lowest BCUT2D eigenvalue weighted by Gasteiger charge is -2.11. The molecule has 1 aromatic rings. The fourth-order valence-corrected chi connectivity index (χ4v) is 3.10. The molecule has 1 aromatic carbocycles. The maximum Gasteiger partial charge on any atom is 0.124 e. The van der Waals surface area contributed by atoms with Crippen molar-refractivity contribution >= 4 is 15.9 Å². The van der Waals surface area contributed by atoms with Crippen LogP contribution in [-0.4, -0.2) is 13.1 Å². The highest BCUT2D eigenvalue weighted by molar-refractivity contribution is 9.10. The molecule has 2 unspecified atom stereocenters. The van der Waals surface area contributed by atoms with Crippen molar-refractivity contribution in [2.75, 3.05) is 7.05 Å². The van der Waals surface area contributed by atoms with Crippen LogP contribution in [0.3, 0.4) is 0 Å². The minimum atomic E-state index is -0.146. The molecule has 88 valence electrons. The average Bonchev–Trinajstić information content (AvgIpc) is 2.64. The largest absolute Gasteiger partial charge is 0.317 e. The average molecular weight is 286 g/mol. The first kappa shape index (κ1) is 12.1. The number of halogens is 2. The summed E-state index contributed by atoms with van der Waals surface area (Å²) in [5, 5.41) is 3.32. The van der Waals surface area contributed by atoms with E-state index in [0.29, 0.717) is 12.0 Å². The summed E-state index contributed by atoms with van der Waals surface area (Å²) < 4.78 is 14.0. The zero-order valence-electron chi connectivity index (χ0n) is 9.47. The van der Waals surface area contributed by atoms with Gasteiger partial charge in [0, 0.05) is 10.5 Å². The van der Waals surface area contributed by atoms with Gasteiger partial charge in [0.2, 0.25) is 0 Å². The van der Waals surface area contributed by atoms with Gasteiger partial charge in [0.1, 0.15) is 5.82 Å². The molecule has 0 radical (unpaired) electrons. The predicted octanol–water partition coefficient (Wildman–Crippen LogP) is 3.52. The molecule has 1 aliphatic rings. The highest BCUT2D eigenvalue weighted by Gasteiger charge is 2.23. The number of hydrogen-bond donors (Lipinski definition) is 1. The van der Waals surface area contributed by atoms with Gasteiger partial charge in [-0.1, -0.05) is 15.9 Å². The predicted molar refractivity (Wildman–Crippen MR) is 68.0 cm³/mol. The molecule has 2 rings (SSSR count). The Kier molecular flexibility index (Phi) is 3.98. The Hall–Kier alpha value is -0.410. The summed E-state index contributed by atoms with van der Waals surface area (Å²) in [7, 11) is 2.02. The second kappa shape index (κ2) is 5.28. The molecule has 0 amide bonds. The minimum Gasteiger partial charge on any atom is -0.317 e. The van der Waals surface area contributed by atoms with Crippen LogP contribution in [0.4, 0.5) is 4.39 Å². The Morgan fingerprint density at radius 2 is 2.19 bits per heavy atom. The van der Waals surface area contributed by atoms with Gasteiger partial charge in [-0.05, 0) is 62.4 Å². The van der Waals surface area contributed by atoms with E-state index in [0.717, 1.165) is 16.5 Å². The van der Waals surface area contributed by atoms with E-state index in [-0.39, 0.29) is 5.82 Å². The summed E-state index contributed by atoms with van der Waals surface area (Å²) in [6, 6.07) is 5.84. The van der Waals surface area contributed by atoms with Crippen LogP contribution in [0, 0.1) is 11.7 Å². The Balaban J connectivity index is 1.99. The molecule has 1 saturated carbocycles. The van der Waals surface area contributed by atoms with Gasteiger partial charge >= 0.3 is 0 Å². The van der Waals surface area contributed by atoms with Crippen LogP contribution < -0.4 is 5.32 Å². The first-order valence-corrected chi connectivity index (χ1v) is 6.59. The molecule has 0 heterocycles. The van der Waals surface area contributed by atoms with Crippen LogP contribution in [0.5, 0.6) is 0 Å². The van der Waals surface area contributed by atoms with E-state index in [9.17, 15) is 4.39 Å². The lowest BCUT2D eigenvalue weighted by Crippen LogP contribution is -2.21. The highest BCUT2D eigenvalue weighted by Crippen LogP contribution is 2.29. The molecule has 1 fully saturated rings. The van der Waals surface area contributed by atoms with Crippen molar-refractivity contribution in [3.05, 3.63) is 34.1 Å². The van der Waals surface area contributed by atoms with Crippen molar-refractivity contribution < 1.29 is 4.39 Å². The molecule has 3 heteroatoms. The van der Waals surface area contributed by atoms with Crippen molar-refractivity contribution in [1.82, 2.24) is 5.32 Å². The van der Waals surface area contributed by atoms with Crippen LogP contribution in [0.1, 0.15) is 24.8 Å². The molecule has 0 spiro atoms. The van der Waals surface area contributed by atoms with Gasteiger partial charge in [0.15, 0.2) is 0 Å². The summed E-state index contributed by atoms with van der Waals surface area (Å²) in [5.41, 5.74) is 1.11. The van der Waals surface area contributed by atoms with Gasteiger partial charge < -0.3 is 5.32 Å². The van der Waals surface area contributed by atoms with E-state index in [2.05, 4.69) is 21.2 Å². The smallest absolute Gasteiger partial charge is 0.124 e. The van der Waals surface area contributed by atoms with Gasteiger partial charge in [-0.2, -0.15) is 0 Å². The SMILES string of the molecule is CNC1CCC(Cc2cc(F)cc(Br)c2)C1. The van der Waals surface area contributed by atoms with E-state index in [1.165, 1.54) is 25.3 Å². The monoisotopic (exact) mass is 285 g/mol. The van der Waals surface area contributed by atoms with Gasteiger partial charge in [-0.3, -0.25) is 0 Å². The Morgan fingerprint density at radius 1 is 1.38 bits per heavy atom. The normalized spacial score (nSPS) is 24.9. The van der Waals surface area contributed by atoms with Crippen molar-refractivity contribution in [2.24, 2.45) is 5.92 Å². The molecular weight excluding hydrogens is 269 g/mol. The Labute approximate surface area is 105 Å². The highest BCUT2D eigenvalue weighted by atomic mass is 79.9. The summed E-state index contributed by atoms with van der Waals surface area (Å²) in [6.45, 7) is 0. The number of rotatable bonds is 3. The van der Waals surface area contributed by atoms with Crippen molar-refractivity contribution in [2.45, 2.75) is 31.7 Å². The Bertz CT molecular complexity index is 347. The maximum atomic E-state index is 13.2. The van der Waals surface area contributed by atoms with E-state index in [1.54, 1.807) is 6.07 Å². The van der Waals surface area contributed by atoms with Crippen LogP contribution in [0.25, 0.3) is 0 Å². The number of nitrogens with one attached hydrogen (secondary N) is 1. The second-order valence-electron chi connectivity index (χ2n) is 4.65. The van der Waals surface area contributed by atoms with Crippen molar-refractivity contribution in [3.8, 4) is 0 Å². The van der Waals surface area contributed by atoms with Gasteiger partial charge in [0.05, 0.1) is 0 Å². The quantitative estimate of drug-likeness (QED) is 0.896. The zero-order chi connectivity index (χ0) is 11.5. The van der Waals surface area contributed by atoms with E-state index in [4.69, 9.17) is 0 Å². The second-order valence-corrected chi connectivity index (χ2v) is 5.56. The molecule has 1 aliphatic carbocycles. The van der Waals surface area contributed by atoms with Crippen molar-refractivity contribution in [1.29, 1.82) is 0 Å². The summed E-state index contributed by atoms with van der Waals surface area (Å²) in [5.74, 6) is 0.554. The third-order valence-electron chi connectivity index (χ3n) is 3.40. The minimum absolute atomic E-state index is 0.146. The first-order valence-electron chi connectivity index (χ1n) is 5.79. The van der Waals surface area contributed by atoms with E-state index >= 15 is 0 Å². The fourth-order valence-electron chi connectivity index (χ4n) is 2.58. The third kappa shape index (κ3) is 3.05. The van der Waals surface area contributed by atoms with E-state index in [1.807, 2.05) is 13.1 Å². The van der Waals surface area contributed by atoms with Gasteiger partial charge in [0.25, 0.3) is 0 Å². The maximum absolute atomic E-state index is 13.2. The zero-order valence-corrected chi connectivity index (χ0v) is 11.1. The summed E-state index contributed by atoms with van der Waals surface area (Å²) in [6.07, 6.45) is 4.70. The topological polar surface area (TPSA) is 12.0 Å². The van der Waals surface area contributed by atoms with Crippen LogP contribution in [-0.2, 0) is 6.42 Å². The van der Waals surface area contributed by atoms with Crippen LogP contribution in [0.15, 0.2) is 22.7 Å². The molecule has 2 atom stereocenters. The van der Waals surface area contributed by atoms with E-state index < -0.39 is 0 Å². The molecule has 1 nitrogen and oxygen atoms in total. The van der Waals surface area contributed by atoms with Crippen LogP contribution in [0.2, 0.25) is 0 Å². The molecular formula is C13H17BrFN. The third-order valence-corrected chi connectivity index (χ3v) is 3.85. The molecule has 0 aliphatic heterocycles. The first-order chi connectivity index (χ1) is 7.67. The summed E-state index contributed by atoms with van der Waals surface area (Å²) >= 11 is 3.34. The summed E-state index contributed by atoms with van der Waals surface area (Å²) in [4.78, 5) is 0. The lowest BCUT2D eigenvalue weighted by atomic mass is 9.98. The standard InChI is InChI=1S/C13H17BrFN/c1-16-13-3-2-9(7-13)4-10-5-11(14)8-12(15)6-10/h5-6,8-9,13,16H,2-4,7H2,1H3. The van der Waals surface area contributed by atoms with Crippen LogP contribution >= 0.6 is 15.9 Å². The number of benzene rings is 1. The fraction of sp³-hybridized carbons (Fsp3) is 0.538.